The van der Waals surface area contributed by atoms with Crippen LogP contribution in [-0.2, 0) is 19.1 Å². The van der Waals surface area contributed by atoms with Crippen LogP contribution >= 0.6 is 0 Å². The number of carbonyl (C=O) groups excluding carboxylic acids is 2. The predicted molar refractivity (Wildman–Crippen MR) is 75.2 cm³/mol. The molecule has 1 aliphatic rings. The van der Waals surface area contributed by atoms with Gasteiger partial charge in [0.05, 0.1) is 26.2 Å². The zero-order valence-electron chi connectivity index (χ0n) is 13.0. The van der Waals surface area contributed by atoms with Gasteiger partial charge < -0.3 is 14.8 Å². The summed E-state index contributed by atoms with van der Waals surface area (Å²) in [6.07, 6.45) is 0. The van der Waals surface area contributed by atoms with E-state index in [4.69, 9.17) is 9.47 Å². The molecule has 0 aromatic heterocycles. The van der Waals surface area contributed by atoms with Gasteiger partial charge in [-0.25, -0.2) is 0 Å². The molecule has 1 rings (SSSR count). The van der Waals surface area contributed by atoms with Crippen LogP contribution in [0.3, 0.4) is 0 Å². The highest BCUT2D eigenvalue weighted by Gasteiger charge is 2.36. The quantitative estimate of drug-likeness (QED) is 0.741. The fraction of sp³-hybridized carbons (Fsp3) is 0.857. The fourth-order valence-corrected chi connectivity index (χ4v) is 2.38. The van der Waals surface area contributed by atoms with Gasteiger partial charge in [-0.2, -0.15) is 0 Å². The minimum absolute atomic E-state index is 0.0522. The summed E-state index contributed by atoms with van der Waals surface area (Å²) >= 11 is 0. The van der Waals surface area contributed by atoms with Crippen molar-refractivity contribution in [3.05, 3.63) is 0 Å². The van der Waals surface area contributed by atoms with Crippen molar-refractivity contribution in [1.82, 2.24) is 10.2 Å². The molecule has 6 heteroatoms. The van der Waals surface area contributed by atoms with Crippen molar-refractivity contribution in [2.45, 2.75) is 45.8 Å². The van der Waals surface area contributed by atoms with Crippen LogP contribution in [0.2, 0.25) is 0 Å². The summed E-state index contributed by atoms with van der Waals surface area (Å²) in [7, 11) is 1.38. The Bertz CT molecular complexity index is 346. The monoisotopic (exact) mass is 286 g/mol. The topological polar surface area (TPSA) is 67.9 Å². The Morgan fingerprint density at radius 2 is 1.95 bits per heavy atom. The highest BCUT2D eigenvalue weighted by Crippen LogP contribution is 2.18. The van der Waals surface area contributed by atoms with E-state index >= 15 is 0 Å². The van der Waals surface area contributed by atoms with Gasteiger partial charge in [0.15, 0.2) is 0 Å². The molecule has 116 valence electrons. The number of morpholine rings is 1. The SMILES string of the molecule is COC(=O)C(C)C(C)N1CCOCC1C(=O)NC(C)C. The van der Waals surface area contributed by atoms with Gasteiger partial charge in [0.2, 0.25) is 5.91 Å². The van der Waals surface area contributed by atoms with Gasteiger partial charge in [0.1, 0.15) is 6.04 Å². The van der Waals surface area contributed by atoms with Crippen molar-refractivity contribution < 1.29 is 19.1 Å². The number of carbonyl (C=O) groups is 2. The van der Waals surface area contributed by atoms with Gasteiger partial charge in [0.25, 0.3) is 0 Å². The third kappa shape index (κ3) is 4.18. The molecule has 1 amide bonds. The van der Waals surface area contributed by atoms with Gasteiger partial charge in [-0.3, -0.25) is 14.5 Å². The van der Waals surface area contributed by atoms with Gasteiger partial charge in [-0.05, 0) is 20.8 Å². The minimum Gasteiger partial charge on any atom is -0.469 e. The molecule has 6 nitrogen and oxygen atoms in total. The van der Waals surface area contributed by atoms with E-state index in [1.54, 1.807) is 0 Å². The molecule has 1 saturated heterocycles. The van der Waals surface area contributed by atoms with E-state index in [0.29, 0.717) is 19.8 Å². The Labute approximate surface area is 120 Å². The second-order valence-electron chi connectivity index (χ2n) is 5.54. The third-order valence-electron chi connectivity index (χ3n) is 3.72. The fourth-order valence-electron chi connectivity index (χ4n) is 2.38. The first-order valence-electron chi connectivity index (χ1n) is 7.10. The Balaban J connectivity index is 2.77. The zero-order valence-corrected chi connectivity index (χ0v) is 13.0. The summed E-state index contributed by atoms with van der Waals surface area (Å²) in [6, 6.07) is -0.345. The highest BCUT2D eigenvalue weighted by molar-refractivity contribution is 5.82. The molecule has 0 aromatic rings. The number of hydrogen-bond donors (Lipinski definition) is 1. The molecule has 3 atom stereocenters. The molecule has 3 unspecified atom stereocenters. The smallest absolute Gasteiger partial charge is 0.309 e. The standard InChI is InChI=1S/C14H26N2O4/c1-9(2)15-13(17)12-8-20-7-6-16(12)11(4)10(3)14(18)19-5/h9-12H,6-8H2,1-5H3,(H,15,17). The number of rotatable bonds is 5. The Morgan fingerprint density at radius 1 is 1.30 bits per heavy atom. The van der Waals surface area contributed by atoms with Crippen molar-refractivity contribution in [2.24, 2.45) is 5.92 Å². The maximum Gasteiger partial charge on any atom is 0.309 e. The summed E-state index contributed by atoms with van der Waals surface area (Å²) < 4.78 is 10.2. The molecule has 1 aliphatic heterocycles. The number of ether oxygens (including phenoxy) is 2. The second-order valence-corrected chi connectivity index (χ2v) is 5.54. The van der Waals surface area contributed by atoms with Crippen molar-refractivity contribution in [3.8, 4) is 0 Å². The van der Waals surface area contributed by atoms with E-state index < -0.39 is 0 Å². The lowest BCUT2D eigenvalue weighted by molar-refractivity contribution is -0.151. The first kappa shape index (κ1) is 16.9. The van der Waals surface area contributed by atoms with Gasteiger partial charge in [0, 0.05) is 18.6 Å². The van der Waals surface area contributed by atoms with Gasteiger partial charge in [-0.1, -0.05) is 6.92 Å². The van der Waals surface area contributed by atoms with Crippen LogP contribution in [0.1, 0.15) is 27.7 Å². The van der Waals surface area contributed by atoms with E-state index in [2.05, 4.69) is 5.32 Å². The number of hydrogen-bond acceptors (Lipinski definition) is 5. The molecular weight excluding hydrogens is 260 g/mol. The average Bonchev–Trinajstić information content (AvgIpc) is 2.44. The molecule has 20 heavy (non-hydrogen) atoms. The molecule has 0 saturated carbocycles. The summed E-state index contributed by atoms with van der Waals surface area (Å²) in [5.41, 5.74) is 0. The number of amides is 1. The van der Waals surface area contributed by atoms with Crippen molar-refractivity contribution in [2.75, 3.05) is 26.9 Å². The lowest BCUT2D eigenvalue weighted by Gasteiger charge is -2.40. The van der Waals surface area contributed by atoms with Gasteiger partial charge >= 0.3 is 5.97 Å². The summed E-state index contributed by atoms with van der Waals surface area (Å²) in [4.78, 5) is 25.9. The number of esters is 1. The molecule has 0 radical (unpaired) electrons. The largest absolute Gasteiger partial charge is 0.469 e. The van der Waals surface area contributed by atoms with E-state index in [9.17, 15) is 9.59 Å². The van der Waals surface area contributed by atoms with Crippen LogP contribution in [0.25, 0.3) is 0 Å². The van der Waals surface area contributed by atoms with Crippen LogP contribution in [0, 0.1) is 5.92 Å². The predicted octanol–water partition coefficient (Wildman–Crippen LogP) is 0.409. The van der Waals surface area contributed by atoms with Crippen LogP contribution in [0.15, 0.2) is 0 Å². The average molecular weight is 286 g/mol. The normalized spacial score (nSPS) is 23.2. The molecule has 0 aliphatic carbocycles. The minimum atomic E-state index is -0.353. The molecule has 1 N–H and O–H groups in total. The lowest BCUT2D eigenvalue weighted by atomic mass is 9.99. The highest BCUT2D eigenvalue weighted by atomic mass is 16.5. The van der Waals surface area contributed by atoms with Crippen LogP contribution < -0.4 is 5.32 Å². The molecule has 0 spiro atoms. The van der Waals surface area contributed by atoms with E-state index in [-0.39, 0.29) is 35.9 Å². The van der Waals surface area contributed by atoms with Gasteiger partial charge in [-0.15, -0.1) is 0 Å². The number of nitrogens with one attached hydrogen (secondary N) is 1. The van der Waals surface area contributed by atoms with Crippen LogP contribution in [-0.4, -0.2) is 61.8 Å². The first-order chi connectivity index (χ1) is 9.38. The van der Waals surface area contributed by atoms with E-state index in [0.717, 1.165) is 0 Å². The lowest BCUT2D eigenvalue weighted by Crippen LogP contribution is -2.59. The first-order valence-corrected chi connectivity index (χ1v) is 7.10. The Hall–Kier alpha value is -1.14. The van der Waals surface area contributed by atoms with Crippen molar-refractivity contribution >= 4 is 11.9 Å². The van der Waals surface area contributed by atoms with E-state index in [1.165, 1.54) is 7.11 Å². The maximum atomic E-state index is 12.2. The van der Waals surface area contributed by atoms with Crippen LogP contribution in [0.5, 0.6) is 0 Å². The molecular formula is C14H26N2O4. The van der Waals surface area contributed by atoms with Crippen molar-refractivity contribution in [1.29, 1.82) is 0 Å². The zero-order chi connectivity index (χ0) is 15.3. The third-order valence-corrected chi connectivity index (χ3v) is 3.72. The molecule has 0 aromatic carbocycles. The van der Waals surface area contributed by atoms with Crippen LogP contribution in [0.4, 0.5) is 0 Å². The Kier molecular flexibility index (Phi) is 6.42. The summed E-state index contributed by atoms with van der Waals surface area (Å²) in [5, 5.41) is 2.90. The Morgan fingerprint density at radius 3 is 2.50 bits per heavy atom. The number of nitrogens with zero attached hydrogens (tertiary/aromatic N) is 1. The summed E-state index contributed by atoms with van der Waals surface area (Å²) in [6.45, 7) is 9.18. The molecule has 1 heterocycles. The maximum absolute atomic E-state index is 12.2. The summed E-state index contributed by atoms with van der Waals surface area (Å²) in [5.74, 6) is -0.594. The van der Waals surface area contributed by atoms with Crippen molar-refractivity contribution in [3.63, 3.8) is 0 Å². The molecule has 1 fully saturated rings. The number of methoxy groups -OCH3 is 1. The van der Waals surface area contributed by atoms with E-state index in [1.807, 2.05) is 32.6 Å². The second kappa shape index (κ2) is 7.59. The molecule has 0 bridgehead atoms.